The number of amides is 1. The molecule has 1 aromatic rings. The first-order chi connectivity index (χ1) is 10.0. The van der Waals surface area contributed by atoms with Crippen LogP contribution < -0.4 is 10.1 Å². The third-order valence-electron chi connectivity index (χ3n) is 3.83. The molecule has 0 spiro atoms. The second-order valence-electron chi connectivity index (χ2n) is 5.21. The minimum absolute atomic E-state index is 0.0500. The summed E-state index contributed by atoms with van der Waals surface area (Å²) in [7, 11) is 1.57. The highest BCUT2D eigenvalue weighted by atomic mass is 79.9. The van der Waals surface area contributed by atoms with E-state index >= 15 is 0 Å². The SMILES string of the molecule is COc1ccc(C(=O)NC2CCC(C(=O)O)CC2)cc1Br. The van der Waals surface area contributed by atoms with Gasteiger partial charge in [0.1, 0.15) is 5.75 Å². The predicted octanol–water partition coefficient (Wildman–Crippen LogP) is 2.83. The van der Waals surface area contributed by atoms with Crippen molar-refractivity contribution in [3.05, 3.63) is 28.2 Å². The van der Waals surface area contributed by atoms with E-state index in [0.29, 0.717) is 37.0 Å². The Morgan fingerprint density at radius 1 is 1.29 bits per heavy atom. The van der Waals surface area contributed by atoms with Gasteiger partial charge in [-0.2, -0.15) is 0 Å². The summed E-state index contributed by atoms with van der Waals surface area (Å²) in [6.45, 7) is 0. The molecule has 0 unspecified atom stereocenters. The van der Waals surface area contributed by atoms with Crippen molar-refractivity contribution in [3.8, 4) is 5.75 Å². The van der Waals surface area contributed by atoms with Crippen LogP contribution in [0.1, 0.15) is 36.0 Å². The molecule has 2 N–H and O–H groups in total. The number of aliphatic carboxylic acids is 1. The van der Waals surface area contributed by atoms with Gasteiger partial charge in [0.25, 0.3) is 5.91 Å². The molecule has 0 bridgehead atoms. The molecule has 1 aromatic carbocycles. The Kier molecular flexibility index (Phi) is 5.22. The van der Waals surface area contributed by atoms with E-state index < -0.39 is 5.97 Å². The number of methoxy groups -OCH3 is 1. The summed E-state index contributed by atoms with van der Waals surface area (Å²) in [5, 5.41) is 11.9. The molecule has 1 fully saturated rings. The van der Waals surface area contributed by atoms with Crippen LogP contribution in [0.4, 0.5) is 0 Å². The van der Waals surface area contributed by atoms with Gasteiger partial charge in [0.15, 0.2) is 0 Å². The number of nitrogens with one attached hydrogen (secondary N) is 1. The Hall–Kier alpha value is -1.56. The summed E-state index contributed by atoms with van der Waals surface area (Å²) < 4.78 is 5.86. The molecule has 0 aromatic heterocycles. The summed E-state index contributed by atoms with van der Waals surface area (Å²) in [4.78, 5) is 23.1. The van der Waals surface area contributed by atoms with Crippen molar-refractivity contribution >= 4 is 27.8 Å². The topological polar surface area (TPSA) is 75.6 Å². The van der Waals surface area contributed by atoms with Gasteiger partial charge in [-0.15, -0.1) is 0 Å². The smallest absolute Gasteiger partial charge is 0.306 e. The van der Waals surface area contributed by atoms with Crippen molar-refractivity contribution in [1.82, 2.24) is 5.32 Å². The van der Waals surface area contributed by atoms with Crippen LogP contribution in [-0.2, 0) is 4.79 Å². The molecule has 1 aliphatic rings. The summed E-state index contributed by atoms with van der Waals surface area (Å²) in [6.07, 6.45) is 2.65. The van der Waals surface area contributed by atoms with Gasteiger partial charge < -0.3 is 15.2 Å². The van der Waals surface area contributed by atoms with Crippen LogP contribution in [-0.4, -0.2) is 30.1 Å². The van der Waals surface area contributed by atoms with Gasteiger partial charge in [0.05, 0.1) is 17.5 Å². The maximum Gasteiger partial charge on any atom is 0.306 e. The lowest BCUT2D eigenvalue weighted by Crippen LogP contribution is -2.38. The molecule has 0 aliphatic heterocycles. The lowest BCUT2D eigenvalue weighted by Gasteiger charge is -2.26. The van der Waals surface area contributed by atoms with Gasteiger partial charge in [0, 0.05) is 11.6 Å². The molecule has 2 rings (SSSR count). The molecule has 0 radical (unpaired) electrons. The second-order valence-corrected chi connectivity index (χ2v) is 6.06. The Morgan fingerprint density at radius 2 is 1.95 bits per heavy atom. The monoisotopic (exact) mass is 355 g/mol. The normalized spacial score (nSPS) is 21.6. The third-order valence-corrected chi connectivity index (χ3v) is 4.45. The zero-order valence-electron chi connectivity index (χ0n) is 11.8. The molecule has 1 amide bonds. The second kappa shape index (κ2) is 6.93. The van der Waals surface area contributed by atoms with Gasteiger partial charge in [-0.3, -0.25) is 9.59 Å². The molecule has 1 saturated carbocycles. The molecule has 1 aliphatic carbocycles. The average Bonchev–Trinajstić information content (AvgIpc) is 2.47. The molecule has 114 valence electrons. The quantitative estimate of drug-likeness (QED) is 0.870. The van der Waals surface area contributed by atoms with E-state index in [-0.39, 0.29) is 17.9 Å². The first-order valence-electron chi connectivity index (χ1n) is 6.88. The molecule has 21 heavy (non-hydrogen) atoms. The molecule has 0 saturated heterocycles. The molecule has 5 nitrogen and oxygen atoms in total. The first-order valence-corrected chi connectivity index (χ1v) is 7.67. The maximum absolute atomic E-state index is 12.2. The molecule has 0 atom stereocenters. The van der Waals surface area contributed by atoms with Crippen LogP contribution in [0.2, 0.25) is 0 Å². The van der Waals surface area contributed by atoms with Crippen LogP contribution in [0.3, 0.4) is 0 Å². The van der Waals surface area contributed by atoms with Gasteiger partial charge in [-0.25, -0.2) is 0 Å². The Bertz CT molecular complexity index is 538. The Balaban J connectivity index is 1.93. The minimum atomic E-state index is -0.737. The zero-order valence-corrected chi connectivity index (χ0v) is 13.4. The molecular formula is C15H18BrNO4. The highest BCUT2D eigenvalue weighted by Crippen LogP contribution is 2.27. The number of carboxylic acids is 1. The zero-order chi connectivity index (χ0) is 15.4. The lowest BCUT2D eigenvalue weighted by atomic mass is 9.86. The van der Waals surface area contributed by atoms with E-state index in [0.717, 1.165) is 4.47 Å². The predicted molar refractivity (Wildman–Crippen MR) is 81.5 cm³/mol. The van der Waals surface area contributed by atoms with E-state index in [4.69, 9.17) is 9.84 Å². The van der Waals surface area contributed by atoms with Gasteiger partial charge >= 0.3 is 5.97 Å². The molecule has 6 heteroatoms. The van der Waals surface area contributed by atoms with Crippen molar-refractivity contribution in [2.24, 2.45) is 5.92 Å². The van der Waals surface area contributed by atoms with E-state index in [1.54, 1.807) is 25.3 Å². The number of benzene rings is 1. The first kappa shape index (κ1) is 15.8. The Labute approximate surface area is 131 Å². The highest BCUT2D eigenvalue weighted by Gasteiger charge is 2.26. The molecular weight excluding hydrogens is 338 g/mol. The van der Waals surface area contributed by atoms with Crippen molar-refractivity contribution in [2.45, 2.75) is 31.7 Å². The number of carbonyl (C=O) groups excluding carboxylic acids is 1. The maximum atomic E-state index is 12.2. The average molecular weight is 356 g/mol. The molecule has 0 heterocycles. The van der Waals surface area contributed by atoms with E-state index in [1.807, 2.05) is 0 Å². The standard InChI is InChI=1S/C15H18BrNO4/c1-21-13-7-4-10(8-12(13)16)14(18)17-11-5-2-9(3-6-11)15(19)20/h4,7-9,11H,2-3,5-6H2,1H3,(H,17,18)(H,19,20). The number of rotatable bonds is 4. The van der Waals surface area contributed by atoms with E-state index in [1.165, 1.54) is 0 Å². The lowest BCUT2D eigenvalue weighted by molar-refractivity contribution is -0.142. The van der Waals surface area contributed by atoms with Crippen LogP contribution in [0.5, 0.6) is 5.75 Å². The number of hydrogen-bond acceptors (Lipinski definition) is 3. The summed E-state index contributed by atoms with van der Waals surface area (Å²) in [5.41, 5.74) is 0.558. The Morgan fingerprint density at radius 3 is 2.48 bits per heavy atom. The number of halogens is 1. The minimum Gasteiger partial charge on any atom is -0.496 e. The number of carboxylic acid groups (broad SMARTS) is 1. The van der Waals surface area contributed by atoms with Crippen LogP contribution in [0.15, 0.2) is 22.7 Å². The fraction of sp³-hybridized carbons (Fsp3) is 0.467. The number of carbonyl (C=O) groups is 2. The van der Waals surface area contributed by atoms with Crippen molar-refractivity contribution in [3.63, 3.8) is 0 Å². The van der Waals surface area contributed by atoms with Crippen LogP contribution in [0, 0.1) is 5.92 Å². The highest BCUT2D eigenvalue weighted by molar-refractivity contribution is 9.10. The third kappa shape index (κ3) is 3.97. The number of ether oxygens (including phenoxy) is 1. The number of hydrogen-bond donors (Lipinski definition) is 2. The van der Waals surface area contributed by atoms with Gasteiger partial charge in [0.2, 0.25) is 0 Å². The van der Waals surface area contributed by atoms with Crippen LogP contribution >= 0.6 is 15.9 Å². The van der Waals surface area contributed by atoms with E-state index in [9.17, 15) is 9.59 Å². The summed E-state index contributed by atoms with van der Waals surface area (Å²) in [5.74, 6) is -0.474. The summed E-state index contributed by atoms with van der Waals surface area (Å²) >= 11 is 3.35. The summed E-state index contributed by atoms with van der Waals surface area (Å²) in [6, 6.07) is 5.22. The van der Waals surface area contributed by atoms with Crippen molar-refractivity contribution < 1.29 is 19.4 Å². The van der Waals surface area contributed by atoms with Crippen molar-refractivity contribution in [2.75, 3.05) is 7.11 Å². The van der Waals surface area contributed by atoms with Gasteiger partial charge in [-0.05, 0) is 59.8 Å². The fourth-order valence-electron chi connectivity index (χ4n) is 2.56. The van der Waals surface area contributed by atoms with E-state index in [2.05, 4.69) is 21.2 Å². The fourth-order valence-corrected chi connectivity index (χ4v) is 3.10. The van der Waals surface area contributed by atoms with Crippen molar-refractivity contribution in [1.29, 1.82) is 0 Å². The largest absolute Gasteiger partial charge is 0.496 e. The van der Waals surface area contributed by atoms with Gasteiger partial charge in [-0.1, -0.05) is 0 Å². The van der Waals surface area contributed by atoms with Crippen LogP contribution in [0.25, 0.3) is 0 Å².